The van der Waals surface area contributed by atoms with Crippen LogP contribution in [0.3, 0.4) is 0 Å². The zero-order valence-electron chi connectivity index (χ0n) is 13.5. The number of ether oxygens (including phenoxy) is 1. The summed E-state index contributed by atoms with van der Waals surface area (Å²) in [6.45, 7) is 0.442. The number of rotatable bonds is 6. The van der Waals surface area contributed by atoms with Gasteiger partial charge in [0, 0.05) is 20.2 Å². The maximum Gasteiger partial charge on any atom is 0.416 e. The minimum atomic E-state index is -4.65. The second-order valence-corrected chi connectivity index (χ2v) is 5.40. The van der Waals surface area contributed by atoms with Crippen LogP contribution in [0.25, 0.3) is 0 Å². The van der Waals surface area contributed by atoms with E-state index in [4.69, 9.17) is 4.74 Å². The van der Waals surface area contributed by atoms with Gasteiger partial charge in [-0.1, -0.05) is 30.3 Å². The molecule has 1 amide bonds. The van der Waals surface area contributed by atoms with Crippen LogP contribution in [-0.4, -0.2) is 31.1 Å². The fourth-order valence-electron chi connectivity index (χ4n) is 2.29. The summed E-state index contributed by atoms with van der Waals surface area (Å²) in [7, 11) is 1.44. The number of nitrogens with zero attached hydrogens (tertiary/aromatic N) is 1. The van der Waals surface area contributed by atoms with Crippen molar-refractivity contribution in [1.82, 2.24) is 4.90 Å². The van der Waals surface area contributed by atoms with E-state index >= 15 is 0 Å². The lowest BCUT2D eigenvalue weighted by Gasteiger charge is -2.23. The molecule has 0 bridgehead atoms. The average molecular weight is 355 g/mol. The minimum absolute atomic E-state index is 0.125. The molecule has 0 N–H and O–H groups in total. The maximum absolute atomic E-state index is 14.0. The van der Waals surface area contributed by atoms with Crippen LogP contribution in [0.15, 0.2) is 48.5 Å². The van der Waals surface area contributed by atoms with Gasteiger partial charge >= 0.3 is 6.18 Å². The summed E-state index contributed by atoms with van der Waals surface area (Å²) in [5, 5.41) is 0. The molecular weight excluding hydrogens is 338 g/mol. The third-order valence-electron chi connectivity index (χ3n) is 3.59. The van der Waals surface area contributed by atoms with Crippen molar-refractivity contribution in [2.45, 2.75) is 12.7 Å². The quantitative estimate of drug-likeness (QED) is 0.729. The van der Waals surface area contributed by atoms with Gasteiger partial charge in [-0.15, -0.1) is 0 Å². The van der Waals surface area contributed by atoms with Gasteiger partial charge in [0.1, 0.15) is 5.82 Å². The molecule has 0 aliphatic heterocycles. The Hall–Kier alpha value is -2.41. The molecule has 2 aromatic carbocycles. The Kier molecular flexibility index (Phi) is 6.14. The van der Waals surface area contributed by atoms with Crippen molar-refractivity contribution >= 4 is 5.91 Å². The van der Waals surface area contributed by atoms with E-state index in [1.54, 1.807) is 30.3 Å². The van der Waals surface area contributed by atoms with Gasteiger partial charge in [0.15, 0.2) is 0 Å². The van der Waals surface area contributed by atoms with Gasteiger partial charge in [-0.25, -0.2) is 4.39 Å². The summed E-state index contributed by atoms with van der Waals surface area (Å²) >= 11 is 0. The van der Waals surface area contributed by atoms with Crippen LogP contribution in [0.5, 0.6) is 0 Å². The topological polar surface area (TPSA) is 29.5 Å². The van der Waals surface area contributed by atoms with Gasteiger partial charge in [-0.2, -0.15) is 13.2 Å². The molecule has 0 heterocycles. The zero-order valence-corrected chi connectivity index (χ0v) is 13.5. The standard InChI is InChI=1S/C18H17F4NO2/c1-25-10-9-23(12-13-5-3-2-4-6-13)17(24)15-11-14(18(20,21)22)7-8-16(15)19/h2-8,11H,9-10,12H2,1H3. The summed E-state index contributed by atoms with van der Waals surface area (Å²) < 4.78 is 57.5. The Morgan fingerprint density at radius 3 is 2.40 bits per heavy atom. The number of methoxy groups -OCH3 is 1. The largest absolute Gasteiger partial charge is 0.416 e. The van der Waals surface area contributed by atoms with E-state index in [2.05, 4.69) is 0 Å². The van der Waals surface area contributed by atoms with Crippen molar-refractivity contribution in [1.29, 1.82) is 0 Å². The summed E-state index contributed by atoms with van der Waals surface area (Å²) in [4.78, 5) is 13.9. The van der Waals surface area contributed by atoms with Crippen LogP contribution >= 0.6 is 0 Å². The number of carbonyl (C=O) groups is 1. The van der Waals surface area contributed by atoms with Crippen LogP contribution in [0.1, 0.15) is 21.5 Å². The van der Waals surface area contributed by atoms with Gasteiger partial charge in [0.25, 0.3) is 5.91 Å². The predicted molar refractivity (Wildman–Crippen MR) is 84.5 cm³/mol. The van der Waals surface area contributed by atoms with Crippen molar-refractivity contribution in [3.05, 3.63) is 71.0 Å². The number of benzene rings is 2. The molecule has 0 unspecified atom stereocenters. The van der Waals surface area contributed by atoms with Gasteiger partial charge in [0.2, 0.25) is 0 Å². The maximum atomic E-state index is 14.0. The smallest absolute Gasteiger partial charge is 0.383 e. The van der Waals surface area contributed by atoms with E-state index in [-0.39, 0.29) is 19.7 Å². The molecule has 0 radical (unpaired) electrons. The van der Waals surface area contributed by atoms with E-state index in [9.17, 15) is 22.4 Å². The Labute approximate surface area is 142 Å². The molecule has 0 saturated carbocycles. The fraction of sp³-hybridized carbons (Fsp3) is 0.278. The van der Waals surface area contributed by atoms with Crippen molar-refractivity contribution < 1.29 is 27.1 Å². The lowest BCUT2D eigenvalue weighted by atomic mass is 10.1. The average Bonchev–Trinajstić information content (AvgIpc) is 2.58. The van der Waals surface area contributed by atoms with Gasteiger partial charge in [-0.3, -0.25) is 4.79 Å². The number of amides is 1. The molecule has 0 aliphatic carbocycles. The first-order valence-corrected chi connectivity index (χ1v) is 7.52. The van der Waals surface area contributed by atoms with Crippen molar-refractivity contribution in [3.8, 4) is 0 Å². The molecule has 2 aromatic rings. The lowest BCUT2D eigenvalue weighted by Crippen LogP contribution is -2.34. The molecule has 0 atom stereocenters. The molecular formula is C18H17F4NO2. The second-order valence-electron chi connectivity index (χ2n) is 5.40. The molecule has 0 fully saturated rings. The number of hydrogen-bond acceptors (Lipinski definition) is 2. The summed E-state index contributed by atoms with van der Waals surface area (Å²) in [6.07, 6.45) is -4.65. The molecule has 0 saturated heterocycles. The lowest BCUT2D eigenvalue weighted by molar-refractivity contribution is -0.137. The van der Waals surface area contributed by atoms with E-state index in [1.165, 1.54) is 12.0 Å². The number of alkyl halides is 3. The van der Waals surface area contributed by atoms with E-state index in [0.717, 1.165) is 5.56 Å². The molecule has 7 heteroatoms. The number of carbonyl (C=O) groups excluding carboxylic acids is 1. The molecule has 0 aromatic heterocycles. The molecule has 25 heavy (non-hydrogen) atoms. The highest BCUT2D eigenvalue weighted by molar-refractivity contribution is 5.94. The molecule has 134 valence electrons. The highest BCUT2D eigenvalue weighted by Gasteiger charge is 2.32. The number of hydrogen-bond donors (Lipinski definition) is 0. The van der Waals surface area contributed by atoms with Crippen LogP contribution in [-0.2, 0) is 17.5 Å². The first-order chi connectivity index (χ1) is 11.8. The monoisotopic (exact) mass is 355 g/mol. The highest BCUT2D eigenvalue weighted by Crippen LogP contribution is 2.30. The molecule has 0 spiro atoms. The van der Waals surface area contributed by atoms with Crippen LogP contribution in [0, 0.1) is 5.82 Å². The molecule has 2 rings (SSSR count). The highest BCUT2D eigenvalue weighted by atomic mass is 19.4. The van der Waals surface area contributed by atoms with Crippen molar-refractivity contribution in [3.63, 3.8) is 0 Å². The summed E-state index contributed by atoms with van der Waals surface area (Å²) in [6, 6.07) is 10.7. The predicted octanol–water partition coefficient (Wildman–Crippen LogP) is 4.13. The van der Waals surface area contributed by atoms with E-state index in [0.29, 0.717) is 18.2 Å². The van der Waals surface area contributed by atoms with Gasteiger partial charge in [0.05, 0.1) is 17.7 Å². The van der Waals surface area contributed by atoms with Gasteiger partial charge in [-0.05, 0) is 23.8 Å². The van der Waals surface area contributed by atoms with Crippen LogP contribution < -0.4 is 0 Å². The molecule has 3 nitrogen and oxygen atoms in total. The number of halogens is 4. The zero-order chi connectivity index (χ0) is 18.4. The normalized spacial score (nSPS) is 11.4. The Bertz CT molecular complexity index is 717. The summed E-state index contributed by atoms with van der Waals surface area (Å²) in [5.41, 5.74) is -0.898. The Morgan fingerprint density at radius 2 is 1.80 bits per heavy atom. The summed E-state index contributed by atoms with van der Waals surface area (Å²) in [5.74, 6) is -1.81. The Morgan fingerprint density at radius 1 is 1.12 bits per heavy atom. The van der Waals surface area contributed by atoms with E-state index in [1.807, 2.05) is 0 Å². The first-order valence-electron chi connectivity index (χ1n) is 7.52. The van der Waals surface area contributed by atoms with E-state index < -0.39 is 29.0 Å². The third-order valence-corrected chi connectivity index (χ3v) is 3.59. The van der Waals surface area contributed by atoms with Crippen molar-refractivity contribution in [2.24, 2.45) is 0 Å². The SMILES string of the molecule is COCCN(Cc1ccccc1)C(=O)c1cc(C(F)(F)F)ccc1F. The van der Waals surface area contributed by atoms with Gasteiger partial charge < -0.3 is 9.64 Å². The fourth-order valence-corrected chi connectivity index (χ4v) is 2.29. The van der Waals surface area contributed by atoms with Crippen LogP contribution in [0.2, 0.25) is 0 Å². The third kappa shape index (κ3) is 5.03. The molecule has 0 aliphatic rings. The minimum Gasteiger partial charge on any atom is -0.383 e. The van der Waals surface area contributed by atoms with Crippen molar-refractivity contribution in [2.75, 3.05) is 20.3 Å². The first kappa shape index (κ1) is 18.9. The Balaban J connectivity index is 2.32. The van der Waals surface area contributed by atoms with Crippen LogP contribution in [0.4, 0.5) is 17.6 Å². The second kappa shape index (κ2) is 8.11.